The fourth-order valence-corrected chi connectivity index (χ4v) is 4.64. The summed E-state index contributed by atoms with van der Waals surface area (Å²) in [6, 6.07) is 0. The summed E-state index contributed by atoms with van der Waals surface area (Å²) >= 11 is 0. The second kappa shape index (κ2) is 6.38. The molecule has 2 atom stereocenters. The predicted molar refractivity (Wildman–Crippen MR) is 77.6 cm³/mol. The van der Waals surface area contributed by atoms with Crippen LogP contribution < -0.4 is 5.32 Å². The fraction of sp³-hybridized carbons (Fsp3) is 1.00. The van der Waals surface area contributed by atoms with Crippen LogP contribution in [0, 0.1) is 5.92 Å². The molecule has 0 spiro atoms. The van der Waals surface area contributed by atoms with Crippen molar-refractivity contribution in [2.75, 3.05) is 12.3 Å². The fourth-order valence-electron chi connectivity index (χ4n) is 2.61. The van der Waals surface area contributed by atoms with Gasteiger partial charge in [-0.2, -0.15) is 0 Å². The molecule has 3 nitrogen and oxygen atoms in total. The second-order valence-electron chi connectivity index (χ2n) is 6.79. The second-order valence-corrected chi connectivity index (χ2v) is 9.19. The quantitative estimate of drug-likeness (QED) is 0.785. The summed E-state index contributed by atoms with van der Waals surface area (Å²) in [4.78, 5) is 0. The highest BCUT2D eigenvalue weighted by molar-refractivity contribution is 7.92. The Labute approximate surface area is 113 Å². The summed E-state index contributed by atoms with van der Waals surface area (Å²) in [6.07, 6.45) is 4.74. The lowest BCUT2D eigenvalue weighted by Crippen LogP contribution is -2.37. The molecule has 108 valence electrons. The van der Waals surface area contributed by atoms with Crippen molar-refractivity contribution >= 4 is 9.84 Å². The zero-order chi connectivity index (χ0) is 13.8. The average Bonchev–Trinajstić information content (AvgIpc) is 2.23. The maximum Gasteiger partial charge on any atom is 0.153 e. The molecular formula is C14H29NO2S. The highest BCUT2D eigenvalue weighted by Gasteiger charge is 2.29. The summed E-state index contributed by atoms with van der Waals surface area (Å²) in [5.41, 5.74) is 0.0725. The Kier molecular flexibility index (Phi) is 5.66. The van der Waals surface area contributed by atoms with Gasteiger partial charge in [0.2, 0.25) is 0 Å². The molecule has 1 rings (SSSR count). The van der Waals surface area contributed by atoms with Gasteiger partial charge in [0.15, 0.2) is 9.84 Å². The molecule has 0 bridgehead atoms. The predicted octanol–water partition coefficient (Wildman–Crippen LogP) is 2.76. The van der Waals surface area contributed by atoms with Gasteiger partial charge in [-0.3, -0.25) is 0 Å². The molecule has 0 aromatic heterocycles. The molecule has 2 unspecified atom stereocenters. The number of hydrogen-bond acceptors (Lipinski definition) is 3. The van der Waals surface area contributed by atoms with Crippen LogP contribution in [0.15, 0.2) is 0 Å². The van der Waals surface area contributed by atoms with Gasteiger partial charge in [0, 0.05) is 5.54 Å². The van der Waals surface area contributed by atoms with Gasteiger partial charge in [-0.25, -0.2) is 8.42 Å². The Morgan fingerprint density at radius 2 is 1.89 bits per heavy atom. The van der Waals surface area contributed by atoms with Crippen LogP contribution >= 0.6 is 0 Å². The largest absolute Gasteiger partial charge is 0.312 e. The number of hydrogen-bond donors (Lipinski definition) is 1. The van der Waals surface area contributed by atoms with E-state index in [0.29, 0.717) is 11.7 Å². The summed E-state index contributed by atoms with van der Waals surface area (Å²) in [5, 5.41) is 3.27. The van der Waals surface area contributed by atoms with Gasteiger partial charge in [-0.15, -0.1) is 0 Å². The van der Waals surface area contributed by atoms with Crippen molar-refractivity contribution in [1.82, 2.24) is 5.32 Å². The molecule has 0 aliphatic heterocycles. The molecule has 4 heteroatoms. The van der Waals surface area contributed by atoms with Crippen LogP contribution in [-0.4, -0.2) is 31.5 Å². The Hall–Kier alpha value is -0.0900. The van der Waals surface area contributed by atoms with E-state index in [1.807, 2.05) is 0 Å². The number of nitrogens with one attached hydrogen (secondary N) is 1. The summed E-state index contributed by atoms with van der Waals surface area (Å²) in [6.45, 7) is 9.26. The highest BCUT2D eigenvalue weighted by Crippen LogP contribution is 2.28. The molecule has 1 N–H and O–H groups in total. The monoisotopic (exact) mass is 275 g/mol. The Balaban J connectivity index is 2.35. The summed E-state index contributed by atoms with van der Waals surface area (Å²) < 4.78 is 24.5. The lowest BCUT2D eigenvalue weighted by molar-refractivity contribution is 0.381. The Bertz CT molecular complexity index is 343. The first kappa shape index (κ1) is 16.0. The van der Waals surface area contributed by atoms with Gasteiger partial charge in [-0.1, -0.05) is 19.8 Å². The average molecular weight is 275 g/mol. The van der Waals surface area contributed by atoms with E-state index in [1.165, 1.54) is 6.42 Å². The van der Waals surface area contributed by atoms with Gasteiger partial charge in [0.05, 0.1) is 11.0 Å². The minimum atomic E-state index is -2.87. The smallest absolute Gasteiger partial charge is 0.153 e. The van der Waals surface area contributed by atoms with Crippen LogP contribution in [0.3, 0.4) is 0 Å². The topological polar surface area (TPSA) is 46.2 Å². The first-order chi connectivity index (χ1) is 8.21. The molecule has 1 saturated carbocycles. The summed E-state index contributed by atoms with van der Waals surface area (Å²) in [7, 11) is -2.87. The zero-order valence-corrected chi connectivity index (χ0v) is 13.1. The third kappa shape index (κ3) is 5.70. The van der Waals surface area contributed by atoms with Gasteiger partial charge in [-0.05, 0) is 52.5 Å². The summed E-state index contributed by atoms with van der Waals surface area (Å²) in [5.74, 6) is 0.916. The molecule has 1 fully saturated rings. The maximum absolute atomic E-state index is 12.2. The van der Waals surface area contributed by atoms with Crippen LogP contribution in [0.25, 0.3) is 0 Å². The molecule has 0 radical (unpaired) electrons. The highest BCUT2D eigenvalue weighted by atomic mass is 32.2. The van der Waals surface area contributed by atoms with E-state index in [4.69, 9.17) is 0 Å². The van der Waals surface area contributed by atoms with Crippen molar-refractivity contribution in [3.63, 3.8) is 0 Å². The molecule has 18 heavy (non-hydrogen) atoms. The van der Waals surface area contributed by atoms with E-state index < -0.39 is 9.84 Å². The molecule has 0 amide bonds. The Morgan fingerprint density at radius 3 is 2.44 bits per heavy atom. The van der Waals surface area contributed by atoms with E-state index in [1.54, 1.807) is 0 Å². The number of sulfone groups is 1. The maximum atomic E-state index is 12.2. The third-order valence-electron chi connectivity index (χ3n) is 3.66. The van der Waals surface area contributed by atoms with Crippen molar-refractivity contribution in [2.24, 2.45) is 5.92 Å². The van der Waals surface area contributed by atoms with Crippen molar-refractivity contribution < 1.29 is 8.42 Å². The van der Waals surface area contributed by atoms with Crippen LogP contribution in [-0.2, 0) is 9.84 Å². The van der Waals surface area contributed by atoms with E-state index in [2.05, 4.69) is 33.0 Å². The molecule has 0 aromatic rings. The lowest BCUT2D eigenvalue weighted by Gasteiger charge is -2.27. The van der Waals surface area contributed by atoms with Crippen molar-refractivity contribution in [2.45, 2.75) is 70.6 Å². The molecular weight excluding hydrogens is 246 g/mol. The minimum absolute atomic E-state index is 0.0725. The molecule has 0 aromatic carbocycles. The van der Waals surface area contributed by atoms with Gasteiger partial charge < -0.3 is 5.32 Å². The Morgan fingerprint density at radius 1 is 1.22 bits per heavy atom. The number of rotatable bonds is 5. The zero-order valence-electron chi connectivity index (χ0n) is 12.3. The van der Waals surface area contributed by atoms with Crippen LogP contribution in [0.1, 0.15) is 59.8 Å². The van der Waals surface area contributed by atoms with Crippen molar-refractivity contribution in [3.05, 3.63) is 0 Å². The first-order valence-electron chi connectivity index (χ1n) is 7.17. The molecule has 0 heterocycles. The van der Waals surface area contributed by atoms with Crippen molar-refractivity contribution in [1.29, 1.82) is 0 Å². The molecule has 1 aliphatic carbocycles. The van der Waals surface area contributed by atoms with Crippen molar-refractivity contribution in [3.8, 4) is 0 Å². The normalized spacial score (nSPS) is 26.2. The van der Waals surface area contributed by atoms with Gasteiger partial charge >= 0.3 is 0 Å². The van der Waals surface area contributed by atoms with Gasteiger partial charge in [0.1, 0.15) is 0 Å². The molecule has 1 aliphatic rings. The third-order valence-corrected chi connectivity index (χ3v) is 5.96. The van der Waals surface area contributed by atoms with E-state index in [0.717, 1.165) is 32.2 Å². The SMILES string of the molecule is CC1CCCC(S(=O)(=O)CCCNC(C)(C)C)C1. The van der Waals surface area contributed by atoms with E-state index >= 15 is 0 Å². The standard InChI is InChI=1S/C14H29NO2S/c1-12-7-5-8-13(11-12)18(16,17)10-6-9-15-14(2,3)4/h12-13,15H,5-11H2,1-4H3. The molecule has 0 saturated heterocycles. The minimum Gasteiger partial charge on any atom is -0.312 e. The van der Waals surface area contributed by atoms with Gasteiger partial charge in [0.25, 0.3) is 0 Å². The lowest BCUT2D eigenvalue weighted by atomic mass is 9.91. The van der Waals surface area contributed by atoms with E-state index in [-0.39, 0.29) is 10.8 Å². The first-order valence-corrected chi connectivity index (χ1v) is 8.89. The van der Waals surface area contributed by atoms with E-state index in [9.17, 15) is 8.42 Å². The van der Waals surface area contributed by atoms with Crippen LogP contribution in [0.4, 0.5) is 0 Å². The van der Waals surface area contributed by atoms with Crippen LogP contribution in [0.5, 0.6) is 0 Å². The van der Waals surface area contributed by atoms with Crippen LogP contribution in [0.2, 0.25) is 0 Å².